The Morgan fingerprint density at radius 1 is 0.312 bits per heavy atom. The number of hydrogen-bond donors (Lipinski definition) is 2. The molecule has 0 atom stereocenters. The van der Waals surface area contributed by atoms with Gasteiger partial charge in [0, 0.05) is 33.3 Å². The lowest BCUT2D eigenvalue weighted by atomic mass is 9.95. The number of hydrogen-bond acceptors (Lipinski definition) is 2. The van der Waals surface area contributed by atoms with Crippen LogP contribution >= 0.6 is 0 Å². The molecule has 322 valence electrons. The Labute approximate surface area is 353 Å². The fraction of sp³-hybridized carbons (Fsp3) is 0.0833. The Bertz CT molecular complexity index is 2960. The lowest BCUT2D eigenvalue weighted by molar-refractivity contribution is -0.136. The largest absolute Gasteiger partial charge is 0.419 e. The molecule has 4 nitrogen and oxygen atoms in total. The third kappa shape index (κ3) is 7.51. The van der Waals surface area contributed by atoms with Gasteiger partial charge in [0.25, 0.3) is 0 Å². The minimum Gasteiger partial charge on any atom is -0.354 e. The summed E-state index contributed by atoms with van der Waals surface area (Å²) >= 11 is 0. The van der Waals surface area contributed by atoms with Gasteiger partial charge in [0.2, 0.25) is 0 Å². The summed E-state index contributed by atoms with van der Waals surface area (Å²) in [5.74, 6) is 0. The first kappa shape index (κ1) is 42.0. The van der Waals surface area contributed by atoms with Crippen molar-refractivity contribution in [3.63, 3.8) is 0 Å². The highest BCUT2D eigenvalue weighted by molar-refractivity contribution is 6.05. The van der Waals surface area contributed by atoms with Gasteiger partial charge in [-0.1, -0.05) is 121 Å². The van der Waals surface area contributed by atoms with E-state index in [-0.39, 0.29) is 22.3 Å². The molecule has 0 spiro atoms. The first-order valence-corrected chi connectivity index (χ1v) is 19.1. The summed E-state index contributed by atoms with van der Waals surface area (Å²) in [6.45, 7) is 0. The van der Waals surface area contributed by atoms with Crippen LogP contribution < -0.4 is 0 Å². The van der Waals surface area contributed by atoms with Crippen molar-refractivity contribution < 1.29 is 52.7 Å². The molecular formula is C48H26F12N4. The Balaban J connectivity index is 1.59. The van der Waals surface area contributed by atoms with E-state index in [9.17, 15) is 0 Å². The molecule has 0 fully saturated rings. The van der Waals surface area contributed by atoms with Gasteiger partial charge in [-0.25, -0.2) is 9.97 Å². The summed E-state index contributed by atoms with van der Waals surface area (Å²) in [4.78, 5) is 13.5. The molecule has 2 aliphatic rings. The topological polar surface area (TPSA) is 57.4 Å². The number of rotatable bonds is 4. The molecular weight excluding hydrogens is 861 g/mol. The normalized spacial score (nSPS) is 13.8. The zero-order chi connectivity index (χ0) is 45.3. The van der Waals surface area contributed by atoms with Gasteiger partial charge >= 0.3 is 24.7 Å². The van der Waals surface area contributed by atoms with Gasteiger partial charge in [-0.2, -0.15) is 52.7 Å². The first-order valence-electron chi connectivity index (χ1n) is 19.1. The van der Waals surface area contributed by atoms with E-state index in [0.717, 1.165) is 0 Å². The minimum atomic E-state index is -5.30. The summed E-state index contributed by atoms with van der Waals surface area (Å²) in [5, 5.41) is 0. The average molecular weight is 887 g/mol. The standard InChI is InChI=1S/C48H26F12N4/c49-45(50,51)41-33-22-30-38(26-15-7-2-8-16-26)43(47(55,56)57)35(63-30)24-32-40(28-19-11-4-12-20-28)44(48(58,59)60)36(64-32)23-31-39(27-17-9-3-10-18-27)42(46(52,53)54)34(62-31)21-29(61-33)37(41)25-13-5-1-6-14-25/h1-24,61,64H. The Morgan fingerprint density at radius 3 is 0.875 bits per heavy atom. The second-order valence-electron chi connectivity index (χ2n) is 14.7. The smallest absolute Gasteiger partial charge is 0.354 e. The summed E-state index contributed by atoms with van der Waals surface area (Å²) in [6, 6.07) is 29.8. The van der Waals surface area contributed by atoms with Crippen molar-refractivity contribution >= 4 is 44.4 Å². The third-order valence-electron chi connectivity index (χ3n) is 10.6. The van der Waals surface area contributed by atoms with Crippen LogP contribution in [0.5, 0.6) is 0 Å². The quantitative estimate of drug-likeness (QED) is 0.173. The number of alkyl halides is 12. The Morgan fingerprint density at radius 2 is 0.594 bits per heavy atom. The maximum atomic E-state index is 15.6. The van der Waals surface area contributed by atoms with Gasteiger partial charge in [-0.15, -0.1) is 0 Å². The first-order chi connectivity index (χ1) is 30.3. The fourth-order valence-corrected chi connectivity index (χ4v) is 8.24. The molecule has 7 aromatic rings. The summed E-state index contributed by atoms with van der Waals surface area (Å²) in [6.07, 6.45) is -21.2. The maximum Gasteiger partial charge on any atom is 0.419 e. The van der Waals surface area contributed by atoms with Crippen LogP contribution in [0.2, 0.25) is 0 Å². The molecule has 0 saturated heterocycles. The number of nitrogens with zero attached hydrogens (tertiary/aromatic N) is 2. The lowest BCUT2D eigenvalue weighted by Gasteiger charge is -2.13. The van der Waals surface area contributed by atoms with Crippen molar-refractivity contribution in [2.75, 3.05) is 0 Å². The highest BCUT2D eigenvalue weighted by atomic mass is 19.4. The van der Waals surface area contributed by atoms with Crippen LogP contribution in [-0.4, -0.2) is 32.3 Å². The monoisotopic (exact) mass is 886 g/mol. The predicted molar refractivity (Wildman–Crippen MR) is 219 cm³/mol. The van der Waals surface area contributed by atoms with Crippen molar-refractivity contribution in [1.29, 1.82) is 0 Å². The SMILES string of the molecule is FC(F)(F)C1=C(c2ccccc2)c2cc3[nH]c(cc4nc(cc5[nH]c(cc1n2)c(-c1ccccc1)c5C(F)(F)F)C(c1ccccc1)=C4C(F)(F)F)c(-c1ccccc1)c3C(F)(F)F. The van der Waals surface area contributed by atoms with Crippen LogP contribution in [0.1, 0.15) is 45.0 Å². The number of aromatic amines is 2. The van der Waals surface area contributed by atoms with Gasteiger partial charge in [-0.3, -0.25) is 0 Å². The van der Waals surface area contributed by atoms with E-state index in [1.165, 1.54) is 121 Å². The van der Waals surface area contributed by atoms with E-state index < -0.39 is 114 Å². The van der Waals surface area contributed by atoms with Crippen LogP contribution in [0.4, 0.5) is 52.7 Å². The third-order valence-corrected chi connectivity index (χ3v) is 10.6. The number of allylic oxidation sites excluding steroid dienone is 2. The van der Waals surface area contributed by atoms with Gasteiger partial charge < -0.3 is 9.97 Å². The van der Waals surface area contributed by atoms with E-state index in [1.54, 1.807) is 0 Å². The predicted octanol–water partition coefficient (Wildman–Crippen LogP) is 14.7. The Hall–Kier alpha value is -7.36. The number of halogens is 12. The molecule has 16 heteroatoms. The van der Waals surface area contributed by atoms with E-state index in [1.807, 2.05) is 0 Å². The fourth-order valence-electron chi connectivity index (χ4n) is 8.24. The molecule has 8 bridgehead atoms. The molecule has 4 aromatic carbocycles. The molecule has 9 rings (SSSR count). The van der Waals surface area contributed by atoms with Crippen molar-refractivity contribution in [3.05, 3.63) is 191 Å². The molecule has 0 unspecified atom stereocenters. The van der Waals surface area contributed by atoms with E-state index >= 15 is 52.7 Å². The number of H-pyrrole nitrogens is 2. The summed E-state index contributed by atoms with van der Waals surface area (Å²) in [7, 11) is 0. The van der Waals surface area contributed by atoms with Crippen LogP contribution in [0.15, 0.2) is 146 Å². The average Bonchev–Trinajstić information content (AvgIpc) is 3.99. The van der Waals surface area contributed by atoms with E-state index in [4.69, 9.17) is 0 Å². The number of benzene rings is 4. The number of nitrogens with one attached hydrogen (secondary N) is 2. The summed E-state index contributed by atoms with van der Waals surface area (Å²) < 4.78 is 187. The molecule has 2 N–H and O–H groups in total. The van der Waals surface area contributed by atoms with E-state index in [0.29, 0.717) is 24.3 Å². The van der Waals surface area contributed by atoms with Gasteiger partial charge in [0.05, 0.1) is 56.1 Å². The second-order valence-corrected chi connectivity index (χ2v) is 14.7. The van der Waals surface area contributed by atoms with Crippen LogP contribution in [0.25, 0.3) is 66.6 Å². The van der Waals surface area contributed by atoms with E-state index in [2.05, 4.69) is 19.9 Å². The highest BCUT2D eigenvalue weighted by Gasteiger charge is 2.45. The summed E-state index contributed by atoms with van der Waals surface area (Å²) in [5.41, 5.74) is -15.4. The molecule has 0 aliphatic carbocycles. The zero-order valence-corrected chi connectivity index (χ0v) is 32.3. The second kappa shape index (κ2) is 15.2. The molecule has 0 amide bonds. The van der Waals surface area contributed by atoms with Crippen molar-refractivity contribution in [2.24, 2.45) is 0 Å². The van der Waals surface area contributed by atoms with Crippen molar-refractivity contribution in [1.82, 2.24) is 19.9 Å². The minimum absolute atomic E-state index is 0.143. The Kier molecular flexibility index (Phi) is 9.95. The molecule has 2 aliphatic heterocycles. The highest BCUT2D eigenvalue weighted by Crippen LogP contribution is 2.51. The van der Waals surface area contributed by atoms with Gasteiger partial charge in [0.15, 0.2) is 0 Å². The molecule has 3 aromatic heterocycles. The maximum absolute atomic E-state index is 15.6. The van der Waals surface area contributed by atoms with Crippen molar-refractivity contribution in [3.8, 4) is 22.3 Å². The zero-order valence-electron chi connectivity index (χ0n) is 32.3. The molecule has 0 saturated carbocycles. The molecule has 5 heterocycles. The number of fused-ring (bicyclic) bond motifs is 8. The molecule has 0 radical (unpaired) electrons. The van der Waals surface area contributed by atoms with Crippen molar-refractivity contribution in [2.45, 2.75) is 24.7 Å². The van der Waals surface area contributed by atoms with Crippen LogP contribution in [-0.2, 0) is 12.4 Å². The van der Waals surface area contributed by atoms with Crippen LogP contribution in [0, 0.1) is 0 Å². The van der Waals surface area contributed by atoms with Crippen LogP contribution in [0.3, 0.4) is 0 Å². The lowest BCUT2D eigenvalue weighted by Crippen LogP contribution is -2.11. The van der Waals surface area contributed by atoms with Gasteiger partial charge in [-0.05, 0) is 46.5 Å². The number of aromatic nitrogens is 4. The van der Waals surface area contributed by atoms with Gasteiger partial charge in [0.1, 0.15) is 0 Å². The molecule has 64 heavy (non-hydrogen) atoms.